The fourth-order valence-electron chi connectivity index (χ4n) is 3.61. The zero-order valence-corrected chi connectivity index (χ0v) is 18.8. The molecule has 1 saturated heterocycles. The maximum absolute atomic E-state index is 12.9. The zero-order valence-electron chi connectivity index (χ0n) is 18.8. The van der Waals surface area contributed by atoms with E-state index in [1.807, 2.05) is 12.1 Å². The Kier molecular flexibility index (Phi) is 6.89. The number of carbonyl (C=O) groups excluding carboxylic acids is 1. The second-order valence-electron chi connectivity index (χ2n) is 7.33. The minimum atomic E-state index is -0.309. The summed E-state index contributed by atoms with van der Waals surface area (Å²) in [5.74, 6) is 1.95. The molecule has 172 valence electrons. The van der Waals surface area contributed by atoms with Gasteiger partial charge in [0.1, 0.15) is 5.82 Å². The third kappa shape index (κ3) is 4.98. The van der Waals surface area contributed by atoms with Gasteiger partial charge in [0.05, 0.1) is 40.1 Å². The Bertz CT molecular complexity index is 1090. The molecule has 0 spiro atoms. The molecule has 1 aliphatic heterocycles. The molecule has 3 heterocycles. The van der Waals surface area contributed by atoms with Crippen LogP contribution in [0.3, 0.4) is 0 Å². The lowest BCUT2D eigenvalue weighted by molar-refractivity contribution is 0.102. The molecule has 4 rings (SSSR count). The summed E-state index contributed by atoms with van der Waals surface area (Å²) in [6, 6.07) is 9.08. The van der Waals surface area contributed by atoms with E-state index < -0.39 is 0 Å². The molecule has 0 aliphatic carbocycles. The number of nitrogens with one attached hydrogen (secondary N) is 1. The highest BCUT2D eigenvalue weighted by Gasteiger charge is 2.16. The molecule has 0 unspecified atom stereocenters. The molecule has 1 amide bonds. The minimum absolute atomic E-state index is 0.309. The van der Waals surface area contributed by atoms with Crippen molar-refractivity contribution in [3.8, 4) is 28.4 Å². The summed E-state index contributed by atoms with van der Waals surface area (Å²) in [7, 11) is 4.57. The highest BCUT2D eigenvalue weighted by Crippen LogP contribution is 2.40. The first-order chi connectivity index (χ1) is 16.1. The van der Waals surface area contributed by atoms with E-state index in [2.05, 4.69) is 20.2 Å². The summed E-state index contributed by atoms with van der Waals surface area (Å²) < 4.78 is 21.4. The number of nitrogens with zero attached hydrogens (tertiary/aromatic N) is 3. The van der Waals surface area contributed by atoms with Gasteiger partial charge in [-0.1, -0.05) is 0 Å². The van der Waals surface area contributed by atoms with Gasteiger partial charge in [0.2, 0.25) is 5.75 Å². The van der Waals surface area contributed by atoms with Crippen molar-refractivity contribution >= 4 is 17.4 Å². The van der Waals surface area contributed by atoms with E-state index in [4.69, 9.17) is 18.9 Å². The first kappa shape index (κ1) is 22.3. The van der Waals surface area contributed by atoms with Gasteiger partial charge < -0.3 is 29.2 Å². The van der Waals surface area contributed by atoms with E-state index in [1.54, 1.807) is 30.6 Å². The quantitative estimate of drug-likeness (QED) is 0.586. The van der Waals surface area contributed by atoms with Crippen LogP contribution in [-0.2, 0) is 4.74 Å². The number of hydrogen-bond donors (Lipinski definition) is 1. The average molecular weight is 450 g/mol. The number of morpholine rings is 1. The molecule has 1 N–H and O–H groups in total. The Morgan fingerprint density at radius 2 is 1.67 bits per heavy atom. The first-order valence-corrected chi connectivity index (χ1v) is 10.5. The van der Waals surface area contributed by atoms with Crippen LogP contribution in [0.4, 0.5) is 11.5 Å². The number of anilines is 2. The predicted molar refractivity (Wildman–Crippen MR) is 125 cm³/mol. The number of hydrogen-bond acceptors (Lipinski definition) is 8. The van der Waals surface area contributed by atoms with Crippen molar-refractivity contribution in [1.29, 1.82) is 0 Å². The number of aromatic nitrogens is 2. The van der Waals surface area contributed by atoms with Crippen LogP contribution in [0, 0.1) is 0 Å². The molecular formula is C24H26N4O5. The number of carbonyl (C=O) groups is 1. The molecule has 0 bridgehead atoms. The van der Waals surface area contributed by atoms with Crippen molar-refractivity contribution in [3.05, 3.63) is 54.5 Å². The largest absolute Gasteiger partial charge is 0.493 e. The van der Waals surface area contributed by atoms with E-state index >= 15 is 0 Å². The summed E-state index contributed by atoms with van der Waals surface area (Å²) in [6.45, 7) is 3.06. The summed E-state index contributed by atoms with van der Waals surface area (Å²) in [4.78, 5) is 23.9. The van der Waals surface area contributed by atoms with Crippen LogP contribution in [0.25, 0.3) is 11.1 Å². The van der Waals surface area contributed by atoms with Gasteiger partial charge in [-0.3, -0.25) is 9.78 Å². The summed E-state index contributed by atoms with van der Waals surface area (Å²) in [5, 5.41) is 2.86. The molecule has 3 aromatic rings. The number of rotatable bonds is 7. The highest BCUT2D eigenvalue weighted by atomic mass is 16.5. The topological polar surface area (TPSA) is 95.0 Å². The summed E-state index contributed by atoms with van der Waals surface area (Å²) in [6.07, 6.45) is 5.02. The second-order valence-corrected chi connectivity index (χ2v) is 7.33. The molecule has 2 aromatic heterocycles. The predicted octanol–water partition coefficient (Wildman–Crippen LogP) is 3.26. The maximum Gasteiger partial charge on any atom is 0.257 e. The maximum atomic E-state index is 12.9. The van der Waals surface area contributed by atoms with Gasteiger partial charge in [-0.15, -0.1) is 0 Å². The number of benzene rings is 1. The number of amides is 1. The van der Waals surface area contributed by atoms with Crippen molar-refractivity contribution in [2.45, 2.75) is 0 Å². The summed E-state index contributed by atoms with van der Waals surface area (Å²) in [5.41, 5.74) is 2.60. The molecule has 0 atom stereocenters. The fraction of sp³-hybridized carbons (Fsp3) is 0.292. The van der Waals surface area contributed by atoms with Gasteiger partial charge >= 0.3 is 0 Å². The van der Waals surface area contributed by atoms with E-state index in [9.17, 15) is 4.79 Å². The van der Waals surface area contributed by atoms with Crippen LogP contribution < -0.4 is 24.4 Å². The van der Waals surface area contributed by atoms with Gasteiger partial charge in [0.15, 0.2) is 11.5 Å². The standard InChI is InChI=1S/C24H26N4O5/c1-30-20-11-19(12-21(31-2)23(20)32-3)27-24(29)18-10-17(13-25-14-18)16-4-5-22(26-15-16)28-6-8-33-9-7-28/h4-5,10-15H,6-9H2,1-3H3,(H,27,29). The Morgan fingerprint density at radius 1 is 0.939 bits per heavy atom. The molecule has 0 radical (unpaired) electrons. The lowest BCUT2D eigenvalue weighted by atomic mass is 10.1. The molecule has 1 aliphatic rings. The fourth-order valence-corrected chi connectivity index (χ4v) is 3.61. The van der Waals surface area contributed by atoms with Gasteiger partial charge in [-0.05, 0) is 18.2 Å². The van der Waals surface area contributed by atoms with Gasteiger partial charge in [-0.25, -0.2) is 4.98 Å². The van der Waals surface area contributed by atoms with Gasteiger partial charge in [0.25, 0.3) is 5.91 Å². The van der Waals surface area contributed by atoms with Crippen LogP contribution in [0.2, 0.25) is 0 Å². The molecule has 1 aromatic carbocycles. The van der Waals surface area contributed by atoms with Crippen LogP contribution in [0.5, 0.6) is 17.2 Å². The van der Waals surface area contributed by atoms with E-state index in [0.29, 0.717) is 41.7 Å². The van der Waals surface area contributed by atoms with Crippen LogP contribution in [0.1, 0.15) is 10.4 Å². The third-order valence-corrected chi connectivity index (χ3v) is 5.34. The highest BCUT2D eigenvalue weighted by molar-refractivity contribution is 6.05. The van der Waals surface area contributed by atoms with Gasteiger partial charge in [0, 0.05) is 60.6 Å². The van der Waals surface area contributed by atoms with E-state index in [0.717, 1.165) is 30.0 Å². The van der Waals surface area contributed by atoms with E-state index in [-0.39, 0.29) is 5.91 Å². The van der Waals surface area contributed by atoms with Crippen LogP contribution in [-0.4, -0.2) is 63.5 Å². The van der Waals surface area contributed by atoms with Crippen molar-refractivity contribution in [1.82, 2.24) is 9.97 Å². The van der Waals surface area contributed by atoms with Crippen molar-refractivity contribution in [3.63, 3.8) is 0 Å². The normalized spacial score (nSPS) is 13.4. The van der Waals surface area contributed by atoms with Crippen LogP contribution >= 0.6 is 0 Å². The molecule has 0 saturated carbocycles. The first-order valence-electron chi connectivity index (χ1n) is 10.5. The lowest BCUT2D eigenvalue weighted by Gasteiger charge is -2.27. The number of ether oxygens (including phenoxy) is 4. The smallest absolute Gasteiger partial charge is 0.257 e. The van der Waals surface area contributed by atoms with Crippen LogP contribution in [0.15, 0.2) is 48.9 Å². The second kappa shape index (κ2) is 10.2. The zero-order chi connectivity index (χ0) is 23.2. The molecule has 9 nitrogen and oxygen atoms in total. The lowest BCUT2D eigenvalue weighted by Crippen LogP contribution is -2.36. The molecule has 33 heavy (non-hydrogen) atoms. The van der Waals surface area contributed by atoms with Crippen molar-refractivity contribution in [2.24, 2.45) is 0 Å². The Labute approximate surface area is 192 Å². The monoisotopic (exact) mass is 450 g/mol. The third-order valence-electron chi connectivity index (χ3n) is 5.34. The number of pyridine rings is 2. The Morgan fingerprint density at radius 3 is 2.27 bits per heavy atom. The average Bonchev–Trinajstić information content (AvgIpc) is 2.88. The SMILES string of the molecule is COc1cc(NC(=O)c2cncc(-c3ccc(N4CCOCC4)nc3)c2)cc(OC)c1OC. The van der Waals surface area contributed by atoms with Crippen molar-refractivity contribution < 1.29 is 23.7 Å². The Hall–Kier alpha value is -3.85. The molecular weight excluding hydrogens is 424 g/mol. The molecule has 9 heteroatoms. The minimum Gasteiger partial charge on any atom is -0.493 e. The van der Waals surface area contributed by atoms with E-state index in [1.165, 1.54) is 27.5 Å². The Balaban J connectivity index is 1.52. The van der Waals surface area contributed by atoms with Crippen molar-refractivity contribution in [2.75, 3.05) is 57.8 Å². The molecule has 1 fully saturated rings. The number of methoxy groups -OCH3 is 3. The summed E-state index contributed by atoms with van der Waals surface area (Å²) >= 11 is 0. The van der Waals surface area contributed by atoms with Gasteiger partial charge in [-0.2, -0.15) is 0 Å².